The van der Waals surface area contributed by atoms with Gasteiger partial charge in [-0.05, 0) is 44.2 Å². The van der Waals surface area contributed by atoms with E-state index in [1.165, 1.54) is 10.4 Å². The molecule has 1 aliphatic heterocycles. The van der Waals surface area contributed by atoms with Gasteiger partial charge < -0.3 is 19.7 Å². The number of hydrogen-bond donors (Lipinski definition) is 2. The number of ether oxygens (including phenoxy) is 2. The maximum Gasteiger partial charge on any atom is 0.229 e. The van der Waals surface area contributed by atoms with Gasteiger partial charge in [-0.3, -0.25) is 9.89 Å². The van der Waals surface area contributed by atoms with Crippen LogP contribution in [0.1, 0.15) is 37.1 Å². The van der Waals surface area contributed by atoms with E-state index in [1.807, 2.05) is 17.0 Å². The molecule has 4 aromatic rings. The summed E-state index contributed by atoms with van der Waals surface area (Å²) in [6.07, 6.45) is 6.61. The first-order chi connectivity index (χ1) is 17.5. The van der Waals surface area contributed by atoms with Crippen LogP contribution in [0, 0.1) is 5.41 Å². The molecule has 1 saturated heterocycles. The first-order valence-electron chi connectivity index (χ1n) is 12.4. The Hall–Kier alpha value is -3.24. The number of fused-ring (bicyclic) bond motifs is 4. The molecule has 1 fully saturated rings. The summed E-state index contributed by atoms with van der Waals surface area (Å²) in [7, 11) is 1.65. The number of rotatable bonds is 5. The molecule has 1 amide bonds. The number of benzene rings is 1. The summed E-state index contributed by atoms with van der Waals surface area (Å²) in [5.74, 6) is 1.74. The number of carbonyl (C=O) groups is 1. The summed E-state index contributed by atoms with van der Waals surface area (Å²) >= 11 is 1.69. The molecule has 188 valence electrons. The van der Waals surface area contributed by atoms with Crippen molar-refractivity contribution < 1.29 is 14.3 Å². The molecular weight excluding hydrogens is 476 g/mol. The Morgan fingerprint density at radius 1 is 1.39 bits per heavy atom. The zero-order valence-electron chi connectivity index (χ0n) is 20.8. The van der Waals surface area contributed by atoms with Crippen LogP contribution in [-0.4, -0.2) is 63.9 Å². The van der Waals surface area contributed by atoms with Crippen molar-refractivity contribution in [3.63, 3.8) is 0 Å². The highest BCUT2D eigenvalue weighted by atomic mass is 32.1. The minimum atomic E-state index is -0.379. The molecule has 3 aromatic heterocycles. The molecular formula is C26H30N6O3S. The zero-order valence-corrected chi connectivity index (χ0v) is 21.6. The van der Waals surface area contributed by atoms with Gasteiger partial charge >= 0.3 is 0 Å². The lowest BCUT2D eigenvalue weighted by atomic mass is 9.71. The number of carbonyl (C=O) groups excluding carboxylic acids is 1. The van der Waals surface area contributed by atoms with Crippen LogP contribution in [0.2, 0.25) is 0 Å². The third-order valence-corrected chi connectivity index (χ3v) is 8.94. The van der Waals surface area contributed by atoms with E-state index in [0.29, 0.717) is 25.5 Å². The molecule has 2 atom stereocenters. The van der Waals surface area contributed by atoms with E-state index in [-0.39, 0.29) is 17.4 Å². The summed E-state index contributed by atoms with van der Waals surface area (Å²) in [4.78, 5) is 27.3. The van der Waals surface area contributed by atoms with Crippen molar-refractivity contribution in [1.82, 2.24) is 25.1 Å². The smallest absolute Gasteiger partial charge is 0.229 e. The minimum Gasteiger partial charge on any atom is -0.494 e. The highest BCUT2D eigenvalue weighted by Crippen LogP contribution is 2.47. The highest BCUT2D eigenvalue weighted by Gasteiger charge is 2.45. The quantitative estimate of drug-likeness (QED) is 0.412. The summed E-state index contributed by atoms with van der Waals surface area (Å²) in [6.45, 7) is 6.12. The molecule has 4 heterocycles. The number of thiophene rings is 1. The van der Waals surface area contributed by atoms with Crippen molar-refractivity contribution >= 4 is 49.9 Å². The molecule has 0 spiro atoms. The third-order valence-electron chi connectivity index (χ3n) is 7.80. The standard InChI is InChI=1S/C26H30N6O3S/c1-4-26(25(33)32-7-8-35-13-15(32)2)6-5-17-21(11-26)36-24-22(17)23(27-14-28-24)30-19-9-16-12-29-31-18(16)10-20(19)34-3/h9-10,12,14-15H,4-8,11,13H2,1-3H3,(H,29,31)(H,27,28,30)/t15-,26+/m1/s1. The largest absolute Gasteiger partial charge is 0.494 e. The fourth-order valence-electron chi connectivity index (χ4n) is 5.63. The normalized spacial score (nSPS) is 22.1. The molecule has 0 unspecified atom stereocenters. The summed E-state index contributed by atoms with van der Waals surface area (Å²) in [5.41, 5.74) is 2.61. The van der Waals surface area contributed by atoms with Crippen LogP contribution in [0.4, 0.5) is 11.5 Å². The number of nitrogens with one attached hydrogen (secondary N) is 2. The second-order valence-corrected chi connectivity index (χ2v) is 10.9. The lowest BCUT2D eigenvalue weighted by molar-refractivity contribution is -0.151. The predicted octanol–water partition coefficient (Wildman–Crippen LogP) is 4.45. The molecule has 1 aromatic carbocycles. The number of nitrogens with zero attached hydrogens (tertiary/aromatic N) is 4. The van der Waals surface area contributed by atoms with Crippen LogP contribution in [0.25, 0.3) is 21.1 Å². The first kappa shape index (κ1) is 23.2. The SMILES string of the molecule is CC[C@]1(C(=O)N2CCOC[C@H]2C)CCc2c(sc3ncnc(Nc4cc5cn[nH]c5cc4OC)c23)C1. The number of aryl methyl sites for hydroxylation is 1. The summed E-state index contributed by atoms with van der Waals surface area (Å²) < 4.78 is 11.2. The predicted molar refractivity (Wildman–Crippen MR) is 140 cm³/mol. The Balaban J connectivity index is 1.36. The molecule has 1 aliphatic carbocycles. The van der Waals surface area contributed by atoms with Gasteiger partial charge in [-0.1, -0.05) is 6.92 Å². The Morgan fingerprint density at radius 2 is 2.28 bits per heavy atom. The van der Waals surface area contributed by atoms with E-state index in [1.54, 1.807) is 31.0 Å². The topological polar surface area (TPSA) is 105 Å². The monoisotopic (exact) mass is 506 g/mol. The molecule has 9 nitrogen and oxygen atoms in total. The van der Waals surface area contributed by atoms with Crippen molar-refractivity contribution in [3.8, 4) is 5.75 Å². The maximum atomic E-state index is 13.8. The van der Waals surface area contributed by atoms with Crippen LogP contribution in [0.5, 0.6) is 5.75 Å². The van der Waals surface area contributed by atoms with Gasteiger partial charge in [0.25, 0.3) is 0 Å². The van der Waals surface area contributed by atoms with Crippen LogP contribution in [0.15, 0.2) is 24.7 Å². The first-order valence-corrected chi connectivity index (χ1v) is 13.3. The number of anilines is 2. The second-order valence-electron chi connectivity index (χ2n) is 9.77. The van der Waals surface area contributed by atoms with Gasteiger partial charge in [0.05, 0.1) is 54.6 Å². The Bertz CT molecular complexity index is 1450. The van der Waals surface area contributed by atoms with Crippen LogP contribution < -0.4 is 10.1 Å². The third kappa shape index (κ3) is 3.70. The molecule has 6 rings (SSSR count). The number of amides is 1. The van der Waals surface area contributed by atoms with Crippen molar-refractivity contribution in [1.29, 1.82) is 0 Å². The Kier molecular flexibility index (Phi) is 5.80. The molecule has 10 heteroatoms. The number of methoxy groups -OCH3 is 1. The van der Waals surface area contributed by atoms with Gasteiger partial charge in [-0.2, -0.15) is 5.10 Å². The van der Waals surface area contributed by atoms with Crippen LogP contribution >= 0.6 is 11.3 Å². The summed E-state index contributed by atoms with van der Waals surface area (Å²) in [5, 5.41) is 12.6. The maximum absolute atomic E-state index is 13.8. The molecule has 36 heavy (non-hydrogen) atoms. The zero-order chi connectivity index (χ0) is 24.9. The lowest BCUT2D eigenvalue weighted by Gasteiger charge is -2.43. The van der Waals surface area contributed by atoms with Crippen molar-refractivity contribution in [2.75, 3.05) is 32.2 Å². The van der Waals surface area contributed by atoms with Gasteiger partial charge in [-0.25, -0.2) is 9.97 Å². The van der Waals surface area contributed by atoms with E-state index in [2.05, 4.69) is 39.3 Å². The average Bonchev–Trinajstić information content (AvgIpc) is 3.51. The number of aromatic amines is 1. The fourth-order valence-corrected chi connectivity index (χ4v) is 6.96. The lowest BCUT2D eigenvalue weighted by Crippen LogP contribution is -2.54. The van der Waals surface area contributed by atoms with Crippen molar-refractivity contribution in [2.45, 2.75) is 45.6 Å². The average molecular weight is 507 g/mol. The van der Waals surface area contributed by atoms with Gasteiger partial charge in [-0.15, -0.1) is 11.3 Å². The highest BCUT2D eigenvalue weighted by molar-refractivity contribution is 7.19. The molecule has 0 bridgehead atoms. The Morgan fingerprint density at radius 3 is 3.08 bits per heavy atom. The second kappa shape index (κ2) is 9.01. The van der Waals surface area contributed by atoms with E-state index >= 15 is 0 Å². The minimum absolute atomic E-state index is 0.114. The van der Waals surface area contributed by atoms with Crippen LogP contribution in [0.3, 0.4) is 0 Å². The number of aromatic nitrogens is 4. The van der Waals surface area contributed by atoms with Crippen LogP contribution in [-0.2, 0) is 22.4 Å². The number of hydrogen-bond acceptors (Lipinski definition) is 8. The van der Waals surface area contributed by atoms with E-state index in [0.717, 1.165) is 58.3 Å². The van der Waals surface area contributed by atoms with Gasteiger partial charge in [0.15, 0.2) is 0 Å². The van der Waals surface area contributed by atoms with Gasteiger partial charge in [0.2, 0.25) is 5.91 Å². The van der Waals surface area contributed by atoms with Crippen molar-refractivity contribution in [2.24, 2.45) is 5.41 Å². The molecule has 2 aliphatic rings. The summed E-state index contributed by atoms with van der Waals surface area (Å²) in [6, 6.07) is 4.05. The van der Waals surface area contributed by atoms with Crippen molar-refractivity contribution in [3.05, 3.63) is 35.1 Å². The molecule has 2 N–H and O–H groups in total. The van der Waals surface area contributed by atoms with Gasteiger partial charge in [0.1, 0.15) is 22.7 Å². The van der Waals surface area contributed by atoms with Gasteiger partial charge in [0, 0.05) is 22.9 Å². The number of morpholine rings is 1. The van der Waals surface area contributed by atoms with E-state index in [9.17, 15) is 4.79 Å². The van der Waals surface area contributed by atoms with E-state index < -0.39 is 0 Å². The molecule has 0 radical (unpaired) electrons. The number of H-pyrrole nitrogens is 1. The van der Waals surface area contributed by atoms with E-state index in [4.69, 9.17) is 9.47 Å². The Labute approximate surface area is 213 Å². The molecule has 0 saturated carbocycles. The fraction of sp³-hybridized carbons (Fsp3) is 0.462.